The number of aliphatic hydroxyl groups excluding tert-OH is 1. The molecule has 2 fully saturated rings. The Morgan fingerprint density at radius 1 is 1.24 bits per heavy atom. The van der Waals surface area contributed by atoms with Crippen LogP contribution in [-0.2, 0) is 4.79 Å². The average molecular weight is 345 g/mol. The molecule has 1 saturated carbocycles. The Balaban J connectivity index is 1.67. The van der Waals surface area contributed by atoms with Gasteiger partial charge in [0.25, 0.3) is 5.91 Å². The fourth-order valence-electron chi connectivity index (χ4n) is 4.21. The Bertz CT molecular complexity index is 644. The summed E-state index contributed by atoms with van der Waals surface area (Å²) >= 11 is 0. The summed E-state index contributed by atoms with van der Waals surface area (Å²) in [6.45, 7) is 3.99. The minimum absolute atomic E-state index is 0.0285. The van der Waals surface area contributed by atoms with Crippen LogP contribution in [0.1, 0.15) is 56.3 Å². The Morgan fingerprint density at radius 2 is 2.04 bits per heavy atom. The molecule has 0 aromatic heterocycles. The normalized spacial score (nSPS) is 27.3. The SMILES string of the molecule is CC(=O)c1cccc(O[C@H](C)C(=O)N2CCC[C@@H]2[C@H]2CCC[C@@H]2O)c1. The first-order valence-corrected chi connectivity index (χ1v) is 9.23. The van der Waals surface area contributed by atoms with Gasteiger partial charge in [-0.25, -0.2) is 0 Å². The zero-order valence-corrected chi connectivity index (χ0v) is 15.0. The van der Waals surface area contributed by atoms with Crippen LogP contribution in [0.5, 0.6) is 5.75 Å². The predicted octanol–water partition coefficient (Wildman–Crippen LogP) is 2.81. The summed E-state index contributed by atoms with van der Waals surface area (Å²) in [5.74, 6) is 0.666. The van der Waals surface area contributed by atoms with Gasteiger partial charge in [-0.2, -0.15) is 0 Å². The first-order chi connectivity index (χ1) is 12.0. The van der Waals surface area contributed by atoms with Crippen molar-refractivity contribution in [3.63, 3.8) is 0 Å². The maximum atomic E-state index is 12.9. The summed E-state index contributed by atoms with van der Waals surface area (Å²) in [4.78, 5) is 26.3. The van der Waals surface area contributed by atoms with Crippen LogP contribution >= 0.6 is 0 Å². The molecule has 0 spiro atoms. The molecule has 1 heterocycles. The van der Waals surface area contributed by atoms with Gasteiger partial charge in [-0.05, 0) is 51.7 Å². The van der Waals surface area contributed by atoms with Crippen molar-refractivity contribution in [3.8, 4) is 5.75 Å². The predicted molar refractivity (Wildman–Crippen MR) is 94.6 cm³/mol. The standard InChI is InChI=1S/C20H27NO4/c1-13(22)15-6-3-7-16(12-15)25-14(2)20(24)21-11-5-9-18(21)17-8-4-10-19(17)23/h3,6-7,12,14,17-19,23H,4-5,8-11H2,1-2H3/t14-,17-,18-,19+/m1/s1. The Kier molecular flexibility index (Phi) is 5.42. The van der Waals surface area contributed by atoms with Crippen LogP contribution in [0.3, 0.4) is 0 Å². The van der Waals surface area contributed by atoms with Crippen molar-refractivity contribution in [1.29, 1.82) is 0 Å². The van der Waals surface area contributed by atoms with Crippen LogP contribution in [0.4, 0.5) is 0 Å². The van der Waals surface area contributed by atoms with Gasteiger partial charge in [0, 0.05) is 24.1 Å². The summed E-state index contributed by atoms with van der Waals surface area (Å²) in [6.07, 6.45) is 3.90. The molecule has 1 N–H and O–H groups in total. The fourth-order valence-corrected chi connectivity index (χ4v) is 4.21. The third kappa shape index (κ3) is 3.87. The molecule has 136 valence electrons. The Labute approximate surface area is 149 Å². The number of likely N-dealkylation sites (tertiary alicyclic amines) is 1. The zero-order valence-electron chi connectivity index (χ0n) is 15.0. The number of aliphatic hydroxyl groups is 1. The van der Waals surface area contributed by atoms with E-state index in [0.717, 1.165) is 38.6 Å². The third-order valence-electron chi connectivity index (χ3n) is 5.51. The van der Waals surface area contributed by atoms with Gasteiger partial charge in [0.15, 0.2) is 11.9 Å². The molecular formula is C20H27NO4. The van der Waals surface area contributed by atoms with Crippen LogP contribution in [-0.4, -0.2) is 46.5 Å². The number of nitrogens with zero attached hydrogens (tertiary/aromatic N) is 1. The van der Waals surface area contributed by atoms with E-state index in [9.17, 15) is 14.7 Å². The number of hydrogen-bond acceptors (Lipinski definition) is 4. The van der Waals surface area contributed by atoms with Crippen molar-refractivity contribution in [2.24, 2.45) is 5.92 Å². The monoisotopic (exact) mass is 345 g/mol. The molecule has 1 aromatic rings. The van der Waals surface area contributed by atoms with Crippen LogP contribution < -0.4 is 4.74 Å². The average Bonchev–Trinajstić information content (AvgIpc) is 3.22. The van der Waals surface area contributed by atoms with Gasteiger partial charge in [0.1, 0.15) is 5.75 Å². The highest BCUT2D eigenvalue weighted by molar-refractivity contribution is 5.94. The molecule has 1 amide bonds. The molecule has 4 atom stereocenters. The van der Waals surface area contributed by atoms with Gasteiger partial charge in [-0.3, -0.25) is 9.59 Å². The van der Waals surface area contributed by atoms with E-state index in [1.165, 1.54) is 6.92 Å². The van der Waals surface area contributed by atoms with E-state index in [-0.39, 0.29) is 29.8 Å². The summed E-state index contributed by atoms with van der Waals surface area (Å²) in [6, 6.07) is 7.06. The lowest BCUT2D eigenvalue weighted by Crippen LogP contribution is -2.47. The topological polar surface area (TPSA) is 66.8 Å². The van der Waals surface area contributed by atoms with Crippen molar-refractivity contribution in [1.82, 2.24) is 4.90 Å². The number of ketones is 1. The van der Waals surface area contributed by atoms with Crippen molar-refractivity contribution >= 4 is 11.7 Å². The molecule has 1 saturated heterocycles. The molecule has 0 bridgehead atoms. The number of benzene rings is 1. The molecule has 3 rings (SSSR count). The van der Waals surface area contributed by atoms with E-state index in [0.29, 0.717) is 11.3 Å². The van der Waals surface area contributed by atoms with Gasteiger partial charge >= 0.3 is 0 Å². The highest BCUT2D eigenvalue weighted by Crippen LogP contribution is 2.36. The number of hydrogen-bond donors (Lipinski definition) is 1. The van der Waals surface area contributed by atoms with Crippen molar-refractivity contribution in [2.75, 3.05) is 6.54 Å². The highest BCUT2D eigenvalue weighted by Gasteiger charge is 2.41. The lowest BCUT2D eigenvalue weighted by Gasteiger charge is -2.33. The number of amides is 1. The number of ether oxygens (including phenoxy) is 1. The van der Waals surface area contributed by atoms with E-state index >= 15 is 0 Å². The van der Waals surface area contributed by atoms with E-state index < -0.39 is 6.10 Å². The van der Waals surface area contributed by atoms with Crippen LogP contribution in [0.2, 0.25) is 0 Å². The first-order valence-electron chi connectivity index (χ1n) is 9.23. The van der Waals surface area contributed by atoms with Gasteiger partial charge in [-0.1, -0.05) is 18.6 Å². The summed E-state index contributed by atoms with van der Waals surface area (Å²) in [5.41, 5.74) is 0.574. The number of carbonyl (C=O) groups is 2. The molecule has 25 heavy (non-hydrogen) atoms. The first kappa shape index (κ1) is 17.9. The Morgan fingerprint density at radius 3 is 2.72 bits per heavy atom. The second-order valence-corrected chi connectivity index (χ2v) is 7.25. The van der Waals surface area contributed by atoms with Gasteiger partial charge in [0.2, 0.25) is 0 Å². The third-order valence-corrected chi connectivity index (χ3v) is 5.51. The fraction of sp³-hybridized carbons (Fsp3) is 0.600. The molecule has 1 aliphatic carbocycles. The number of carbonyl (C=O) groups excluding carboxylic acids is 2. The van der Waals surface area contributed by atoms with E-state index in [1.54, 1.807) is 31.2 Å². The van der Waals surface area contributed by atoms with E-state index in [4.69, 9.17) is 4.74 Å². The second-order valence-electron chi connectivity index (χ2n) is 7.25. The second kappa shape index (κ2) is 7.56. The zero-order chi connectivity index (χ0) is 18.0. The van der Waals surface area contributed by atoms with Gasteiger partial charge < -0.3 is 14.7 Å². The minimum atomic E-state index is -0.610. The molecule has 2 aliphatic rings. The lowest BCUT2D eigenvalue weighted by molar-refractivity contribution is -0.140. The summed E-state index contributed by atoms with van der Waals surface area (Å²) in [5, 5.41) is 10.2. The maximum Gasteiger partial charge on any atom is 0.263 e. The van der Waals surface area contributed by atoms with Crippen LogP contribution in [0.15, 0.2) is 24.3 Å². The minimum Gasteiger partial charge on any atom is -0.481 e. The molecule has 1 aromatic carbocycles. The lowest BCUT2D eigenvalue weighted by atomic mass is 9.94. The highest BCUT2D eigenvalue weighted by atomic mass is 16.5. The van der Waals surface area contributed by atoms with Gasteiger partial charge in [0.05, 0.1) is 6.10 Å². The quantitative estimate of drug-likeness (QED) is 0.834. The van der Waals surface area contributed by atoms with E-state index in [1.807, 2.05) is 4.90 Å². The smallest absolute Gasteiger partial charge is 0.263 e. The summed E-state index contributed by atoms with van der Waals surface area (Å²) < 4.78 is 5.81. The molecule has 1 aliphatic heterocycles. The molecule has 0 radical (unpaired) electrons. The molecule has 0 unspecified atom stereocenters. The molecular weight excluding hydrogens is 318 g/mol. The van der Waals surface area contributed by atoms with Gasteiger partial charge in [-0.15, -0.1) is 0 Å². The largest absolute Gasteiger partial charge is 0.481 e. The molecule has 5 nitrogen and oxygen atoms in total. The van der Waals surface area contributed by atoms with Crippen LogP contribution in [0.25, 0.3) is 0 Å². The summed E-state index contributed by atoms with van der Waals surface area (Å²) in [7, 11) is 0. The Hall–Kier alpha value is -1.88. The molecule has 5 heteroatoms. The van der Waals surface area contributed by atoms with Crippen molar-refractivity contribution < 1.29 is 19.4 Å². The maximum absolute atomic E-state index is 12.9. The van der Waals surface area contributed by atoms with Crippen molar-refractivity contribution in [2.45, 2.75) is 64.2 Å². The van der Waals surface area contributed by atoms with Crippen LogP contribution in [0, 0.1) is 5.92 Å². The number of rotatable bonds is 5. The van der Waals surface area contributed by atoms with E-state index in [2.05, 4.69) is 0 Å². The van der Waals surface area contributed by atoms with Crippen molar-refractivity contribution in [3.05, 3.63) is 29.8 Å². The number of Topliss-reactive ketones (excluding diaryl/α,β-unsaturated/α-hetero) is 1.